The minimum Gasteiger partial charge on any atom is -0.343 e. The van der Waals surface area contributed by atoms with Gasteiger partial charge in [-0.05, 0) is 46.4 Å². The van der Waals surface area contributed by atoms with Crippen molar-refractivity contribution in [3.8, 4) is 0 Å². The maximum Gasteiger partial charge on any atom is 0.136 e. The van der Waals surface area contributed by atoms with Crippen molar-refractivity contribution >= 4 is 49.8 Å². The van der Waals surface area contributed by atoms with Crippen LogP contribution in [0.25, 0.3) is 11.3 Å². The molecular formula is C19H13BrF2IN. The summed E-state index contributed by atoms with van der Waals surface area (Å²) < 4.78 is 30.5. The molecule has 24 heavy (non-hydrogen) atoms. The molecule has 0 aliphatic carbocycles. The molecule has 3 rings (SSSR count). The third kappa shape index (κ3) is 3.07. The lowest BCUT2D eigenvalue weighted by atomic mass is 9.94. The topological polar surface area (TPSA) is 3.24 Å². The van der Waals surface area contributed by atoms with E-state index in [0.29, 0.717) is 15.9 Å². The number of hydrogen-bond acceptors (Lipinski definition) is 1. The van der Waals surface area contributed by atoms with Gasteiger partial charge in [-0.15, -0.1) is 0 Å². The molecule has 0 radical (unpaired) electrons. The molecule has 0 unspecified atom stereocenters. The Morgan fingerprint density at radius 2 is 1.67 bits per heavy atom. The van der Waals surface area contributed by atoms with Gasteiger partial charge in [0.05, 0.1) is 11.3 Å². The fraction of sp³-hybridized carbons (Fsp3) is 0.0526. The van der Waals surface area contributed by atoms with Crippen molar-refractivity contribution in [2.75, 3.05) is 7.05 Å². The summed E-state index contributed by atoms with van der Waals surface area (Å²) >= 11 is 5.31. The van der Waals surface area contributed by atoms with Crippen LogP contribution < -0.4 is 0 Å². The minimum absolute atomic E-state index is 0.0548. The van der Waals surface area contributed by atoms with Gasteiger partial charge >= 0.3 is 0 Å². The van der Waals surface area contributed by atoms with E-state index in [9.17, 15) is 8.78 Å². The van der Waals surface area contributed by atoms with E-state index >= 15 is 0 Å². The molecule has 5 heteroatoms. The van der Waals surface area contributed by atoms with Gasteiger partial charge in [-0.25, -0.2) is 8.78 Å². The van der Waals surface area contributed by atoms with Crippen LogP contribution >= 0.6 is 38.5 Å². The Labute approximate surface area is 161 Å². The zero-order valence-corrected chi connectivity index (χ0v) is 16.5. The number of hydrogen-bond donors (Lipinski definition) is 0. The molecule has 0 fully saturated rings. The molecule has 2 aromatic carbocycles. The Bertz CT molecular complexity index is 864. The molecule has 122 valence electrons. The predicted molar refractivity (Wildman–Crippen MR) is 106 cm³/mol. The molecule has 0 aromatic heterocycles. The number of benzene rings is 2. The van der Waals surface area contributed by atoms with Gasteiger partial charge in [0.2, 0.25) is 0 Å². The average Bonchev–Trinajstić information content (AvgIpc) is 2.54. The number of allylic oxidation sites excluding steroid dienone is 3. The SMILES string of the molecule is C=C1C(I)=CC(c2ccccc2)=C(c2c(F)cc(Br)cc2F)N1C. The zero-order chi connectivity index (χ0) is 17.4. The van der Waals surface area contributed by atoms with Crippen molar-refractivity contribution in [3.63, 3.8) is 0 Å². The lowest BCUT2D eigenvalue weighted by molar-refractivity contribution is 0.550. The smallest absolute Gasteiger partial charge is 0.136 e. The van der Waals surface area contributed by atoms with Gasteiger partial charge in [-0.1, -0.05) is 52.8 Å². The van der Waals surface area contributed by atoms with Crippen molar-refractivity contribution in [2.24, 2.45) is 0 Å². The van der Waals surface area contributed by atoms with Gasteiger partial charge in [0.15, 0.2) is 0 Å². The van der Waals surface area contributed by atoms with Crippen molar-refractivity contribution in [1.29, 1.82) is 0 Å². The van der Waals surface area contributed by atoms with E-state index in [1.54, 1.807) is 11.9 Å². The molecule has 0 N–H and O–H groups in total. The first kappa shape index (κ1) is 17.4. The van der Waals surface area contributed by atoms with Gasteiger partial charge < -0.3 is 4.90 Å². The van der Waals surface area contributed by atoms with Gasteiger partial charge in [0.25, 0.3) is 0 Å². The summed E-state index contributed by atoms with van der Waals surface area (Å²) in [4.78, 5) is 1.74. The lowest BCUT2D eigenvalue weighted by Crippen LogP contribution is -2.21. The highest BCUT2D eigenvalue weighted by atomic mass is 127. The van der Waals surface area contributed by atoms with Crippen LogP contribution in [-0.2, 0) is 0 Å². The normalized spacial score (nSPS) is 15.0. The number of likely N-dealkylation sites (N-methyl/N-ethyl adjacent to an activating group) is 1. The Hall–Kier alpha value is -1.47. The Morgan fingerprint density at radius 1 is 1.08 bits per heavy atom. The summed E-state index contributed by atoms with van der Waals surface area (Å²) in [5, 5.41) is 0. The molecule has 1 aliphatic heterocycles. The highest BCUT2D eigenvalue weighted by molar-refractivity contribution is 14.1. The third-order valence-corrected chi connectivity index (χ3v) is 5.26. The quantitative estimate of drug-likeness (QED) is 0.434. The summed E-state index contributed by atoms with van der Waals surface area (Å²) in [6.45, 7) is 4.02. The van der Waals surface area contributed by atoms with Crippen LogP contribution in [0.4, 0.5) is 8.78 Å². The van der Waals surface area contributed by atoms with E-state index in [4.69, 9.17) is 0 Å². The van der Waals surface area contributed by atoms with Crippen molar-refractivity contribution in [3.05, 3.63) is 91.6 Å². The monoisotopic (exact) mass is 499 g/mol. The Kier molecular flexibility index (Phi) is 4.92. The maximum atomic E-state index is 14.6. The zero-order valence-electron chi connectivity index (χ0n) is 12.8. The van der Waals surface area contributed by atoms with Crippen LogP contribution in [0.15, 0.2) is 68.9 Å². The second kappa shape index (κ2) is 6.80. The van der Waals surface area contributed by atoms with Crippen molar-refractivity contribution in [1.82, 2.24) is 4.90 Å². The average molecular weight is 500 g/mol. The van der Waals surface area contributed by atoms with Gasteiger partial charge in [0.1, 0.15) is 11.6 Å². The molecule has 1 aliphatic rings. The first-order chi connectivity index (χ1) is 11.4. The molecular weight excluding hydrogens is 487 g/mol. The summed E-state index contributed by atoms with van der Waals surface area (Å²) in [6.07, 6.45) is 1.91. The largest absolute Gasteiger partial charge is 0.343 e. The van der Waals surface area contributed by atoms with Crippen LogP contribution in [0.3, 0.4) is 0 Å². The van der Waals surface area contributed by atoms with Crippen LogP contribution in [0, 0.1) is 11.6 Å². The fourth-order valence-corrected chi connectivity index (χ4v) is 3.74. The third-order valence-electron chi connectivity index (χ3n) is 3.87. The van der Waals surface area contributed by atoms with Crippen LogP contribution in [0.2, 0.25) is 0 Å². The predicted octanol–water partition coefficient (Wildman–Crippen LogP) is 6.37. The molecule has 0 atom stereocenters. The lowest BCUT2D eigenvalue weighted by Gasteiger charge is -2.31. The van der Waals surface area contributed by atoms with Gasteiger partial charge in [-0.2, -0.15) is 0 Å². The first-order valence-corrected chi connectivity index (χ1v) is 9.02. The molecule has 2 aromatic rings. The van der Waals surface area contributed by atoms with E-state index in [1.807, 2.05) is 36.4 Å². The molecule has 0 bridgehead atoms. The van der Waals surface area contributed by atoms with Crippen LogP contribution in [-0.4, -0.2) is 11.9 Å². The van der Waals surface area contributed by atoms with E-state index in [0.717, 1.165) is 14.7 Å². The standard InChI is InChI=1S/C19H13BrF2IN/c1-11-17(23)10-14(12-6-4-3-5-7-12)19(24(11)2)18-15(21)8-13(20)9-16(18)22/h3-10H,1H2,2H3. The highest BCUT2D eigenvalue weighted by Crippen LogP contribution is 2.42. The summed E-state index contributed by atoms with van der Waals surface area (Å²) in [7, 11) is 1.77. The summed E-state index contributed by atoms with van der Waals surface area (Å²) in [6, 6.07) is 12.1. The number of nitrogens with zero attached hydrogens (tertiary/aromatic N) is 1. The molecule has 0 saturated heterocycles. The first-order valence-electron chi connectivity index (χ1n) is 7.15. The van der Waals surface area contributed by atoms with E-state index < -0.39 is 11.6 Å². The molecule has 0 amide bonds. The number of halogens is 4. The maximum absolute atomic E-state index is 14.6. The summed E-state index contributed by atoms with van der Waals surface area (Å²) in [5.41, 5.74) is 2.76. The molecule has 0 saturated carbocycles. The van der Waals surface area contributed by atoms with Crippen molar-refractivity contribution in [2.45, 2.75) is 0 Å². The van der Waals surface area contributed by atoms with Gasteiger partial charge in [-0.3, -0.25) is 0 Å². The van der Waals surface area contributed by atoms with E-state index in [1.165, 1.54) is 12.1 Å². The molecule has 1 nitrogen and oxygen atoms in total. The summed E-state index contributed by atoms with van der Waals surface area (Å²) in [5.74, 6) is -1.23. The Balaban J connectivity index is 2.36. The Morgan fingerprint density at radius 3 is 2.25 bits per heavy atom. The van der Waals surface area contributed by atoms with Crippen LogP contribution in [0.1, 0.15) is 11.1 Å². The number of rotatable bonds is 2. The van der Waals surface area contributed by atoms with Crippen molar-refractivity contribution < 1.29 is 8.78 Å². The minimum atomic E-state index is -0.615. The second-order valence-electron chi connectivity index (χ2n) is 5.37. The molecule has 1 heterocycles. The molecule has 0 spiro atoms. The van der Waals surface area contributed by atoms with E-state index in [-0.39, 0.29) is 5.56 Å². The van der Waals surface area contributed by atoms with E-state index in [2.05, 4.69) is 45.1 Å². The van der Waals surface area contributed by atoms with Gasteiger partial charge in [0, 0.05) is 26.4 Å². The van der Waals surface area contributed by atoms with Crippen LogP contribution in [0.5, 0.6) is 0 Å². The second-order valence-corrected chi connectivity index (χ2v) is 7.45. The fourth-order valence-electron chi connectivity index (χ4n) is 2.66. The highest BCUT2D eigenvalue weighted by Gasteiger charge is 2.27.